The molecule has 0 aromatic carbocycles. The fraction of sp³-hybridized carbons (Fsp3) is 0.518. The van der Waals surface area contributed by atoms with Gasteiger partial charge in [-0.25, -0.2) is 0 Å². The second kappa shape index (κ2) is 49.4. The molecule has 0 aromatic rings. The summed E-state index contributed by atoms with van der Waals surface area (Å²) in [5, 5.41) is 22.8. The summed E-state index contributed by atoms with van der Waals surface area (Å²) in [6.45, 7) is 4.09. The van der Waals surface area contributed by atoms with Crippen LogP contribution in [-0.2, 0) is 4.79 Å². The van der Waals surface area contributed by atoms with Crippen molar-refractivity contribution in [1.29, 1.82) is 0 Å². The minimum Gasteiger partial charge on any atom is -0.394 e. The number of unbranched alkanes of at least 4 members (excludes halogenated alkanes) is 9. The Balaban J connectivity index is 3.72. The predicted molar refractivity (Wildman–Crippen MR) is 266 cm³/mol. The molecule has 0 fully saturated rings. The third-order valence-electron chi connectivity index (χ3n) is 9.49. The minimum absolute atomic E-state index is 0.104. The van der Waals surface area contributed by atoms with E-state index in [4.69, 9.17) is 0 Å². The summed E-state index contributed by atoms with van der Waals surface area (Å²) in [6.07, 6.45) is 80.9. The molecule has 3 N–H and O–H groups in total. The standard InChI is InChI=1S/C56H87NO3/c1-3-5-7-9-11-13-14-15-16-17-18-19-20-21-22-23-24-25-26-27-28-29-30-31-32-33-34-35-36-37-38-39-40-41-42-44-46-48-50-52-56(60)57-54(53-58)55(59)51-49-47-45-43-12-10-8-6-4-2/h5,7,11-13,15-16,18-19,21-22,24-25,27-28,30-31,33-34,36-37,39-40,43,49,51,54-55,58-59H,3-4,6,8-10,14,17,20,23,26,29,32,35,38,41-42,44-48,50,52-53H2,1-2H3,(H,57,60)/b7-5-,13-11-,16-15-,19-18-,22-21-,25-24-,28-27-,31-30-,34-33-,37-36-,40-39-,43-12+,51-49+. The van der Waals surface area contributed by atoms with Crippen LogP contribution in [-0.4, -0.2) is 34.9 Å². The summed E-state index contributed by atoms with van der Waals surface area (Å²) < 4.78 is 0. The first-order valence-electron chi connectivity index (χ1n) is 23.7. The van der Waals surface area contributed by atoms with Gasteiger partial charge in [0.15, 0.2) is 0 Å². The third kappa shape index (κ3) is 45.1. The number of carbonyl (C=O) groups excluding carboxylic acids is 1. The van der Waals surface area contributed by atoms with Crippen molar-refractivity contribution in [1.82, 2.24) is 5.32 Å². The van der Waals surface area contributed by atoms with Crippen LogP contribution in [0.1, 0.15) is 168 Å². The van der Waals surface area contributed by atoms with Crippen LogP contribution in [0.3, 0.4) is 0 Å². The van der Waals surface area contributed by atoms with E-state index in [-0.39, 0.29) is 12.5 Å². The lowest BCUT2D eigenvalue weighted by atomic mass is 10.1. The highest BCUT2D eigenvalue weighted by molar-refractivity contribution is 5.76. The van der Waals surface area contributed by atoms with Gasteiger partial charge in [-0.2, -0.15) is 0 Å². The molecule has 0 aliphatic rings. The first-order valence-corrected chi connectivity index (χ1v) is 23.7. The Morgan fingerprint density at radius 1 is 0.417 bits per heavy atom. The number of nitrogens with one attached hydrogen (secondary N) is 1. The molecular formula is C56H87NO3. The fourth-order valence-electron chi connectivity index (χ4n) is 5.90. The summed E-state index contributed by atoms with van der Waals surface area (Å²) in [5.74, 6) is -0.104. The number of amides is 1. The van der Waals surface area contributed by atoms with Gasteiger partial charge >= 0.3 is 0 Å². The van der Waals surface area contributed by atoms with Gasteiger partial charge in [-0.05, 0) is 116 Å². The number of aliphatic hydroxyl groups is 2. The van der Waals surface area contributed by atoms with E-state index in [9.17, 15) is 15.0 Å². The number of hydrogen-bond acceptors (Lipinski definition) is 3. The molecule has 0 aromatic heterocycles. The number of hydrogen-bond donors (Lipinski definition) is 3. The first kappa shape index (κ1) is 56.0. The summed E-state index contributed by atoms with van der Waals surface area (Å²) in [5.41, 5.74) is 0. The number of aliphatic hydroxyl groups excluding tert-OH is 2. The molecule has 0 radical (unpaired) electrons. The van der Waals surface area contributed by atoms with Crippen molar-refractivity contribution in [3.8, 4) is 0 Å². The lowest BCUT2D eigenvalue weighted by Gasteiger charge is -2.19. The Morgan fingerprint density at radius 2 is 0.750 bits per heavy atom. The van der Waals surface area contributed by atoms with Crippen LogP contribution in [0.4, 0.5) is 0 Å². The average Bonchev–Trinajstić information content (AvgIpc) is 3.25. The Labute approximate surface area is 369 Å². The molecule has 60 heavy (non-hydrogen) atoms. The second-order valence-corrected chi connectivity index (χ2v) is 15.1. The predicted octanol–water partition coefficient (Wildman–Crippen LogP) is 15.5. The molecule has 0 saturated carbocycles. The van der Waals surface area contributed by atoms with Crippen molar-refractivity contribution in [3.63, 3.8) is 0 Å². The molecule has 0 spiro atoms. The van der Waals surface area contributed by atoms with Gasteiger partial charge in [-0.3, -0.25) is 4.79 Å². The van der Waals surface area contributed by atoms with Crippen molar-refractivity contribution >= 4 is 5.91 Å². The van der Waals surface area contributed by atoms with Gasteiger partial charge in [0.1, 0.15) is 0 Å². The van der Waals surface area contributed by atoms with Crippen LogP contribution in [0.25, 0.3) is 0 Å². The zero-order chi connectivity index (χ0) is 43.5. The highest BCUT2D eigenvalue weighted by atomic mass is 16.3. The van der Waals surface area contributed by atoms with Crippen LogP contribution in [0.5, 0.6) is 0 Å². The maximum absolute atomic E-state index is 12.3. The Kier molecular flexibility index (Phi) is 46.1. The van der Waals surface area contributed by atoms with E-state index < -0.39 is 12.1 Å². The monoisotopic (exact) mass is 822 g/mol. The van der Waals surface area contributed by atoms with Gasteiger partial charge in [0.25, 0.3) is 0 Å². The van der Waals surface area contributed by atoms with Crippen LogP contribution in [0, 0.1) is 0 Å². The van der Waals surface area contributed by atoms with Gasteiger partial charge in [0.2, 0.25) is 5.91 Å². The van der Waals surface area contributed by atoms with Crippen LogP contribution < -0.4 is 5.32 Å². The molecule has 0 saturated heterocycles. The van der Waals surface area contributed by atoms with E-state index in [1.165, 1.54) is 32.1 Å². The van der Waals surface area contributed by atoms with E-state index >= 15 is 0 Å². The molecule has 334 valence electrons. The van der Waals surface area contributed by atoms with Gasteiger partial charge < -0.3 is 15.5 Å². The zero-order valence-corrected chi connectivity index (χ0v) is 38.1. The van der Waals surface area contributed by atoms with Crippen molar-refractivity contribution < 1.29 is 15.0 Å². The normalized spacial score (nSPS) is 14.4. The van der Waals surface area contributed by atoms with Gasteiger partial charge in [-0.1, -0.05) is 204 Å². The van der Waals surface area contributed by atoms with E-state index in [0.717, 1.165) is 116 Å². The van der Waals surface area contributed by atoms with Gasteiger partial charge in [0, 0.05) is 6.42 Å². The maximum atomic E-state index is 12.3. The van der Waals surface area contributed by atoms with Gasteiger partial charge in [0.05, 0.1) is 18.8 Å². The Hall–Kier alpha value is -3.99. The highest BCUT2D eigenvalue weighted by Crippen LogP contribution is 2.09. The van der Waals surface area contributed by atoms with Crippen LogP contribution >= 0.6 is 0 Å². The number of rotatable bonds is 40. The third-order valence-corrected chi connectivity index (χ3v) is 9.49. The SMILES string of the molecule is CC/C=C\C/C=C\C/C=C\C/C=C\C/C=C\C/C=C\C/C=C\C/C=C\C/C=C\C/C=C\C/C=C\CCCCCCCC(=O)NC(CO)C(O)/C=C/CC/C=C/CCCCC. The number of carbonyl (C=O) groups is 1. The Morgan fingerprint density at radius 3 is 1.17 bits per heavy atom. The van der Waals surface area contributed by atoms with Crippen LogP contribution in [0.15, 0.2) is 158 Å². The highest BCUT2D eigenvalue weighted by Gasteiger charge is 2.17. The fourth-order valence-corrected chi connectivity index (χ4v) is 5.90. The van der Waals surface area contributed by atoms with Crippen LogP contribution in [0.2, 0.25) is 0 Å². The second-order valence-electron chi connectivity index (χ2n) is 15.1. The number of allylic oxidation sites excluding steroid dienone is 25. The molecule has 2 atom stereocenters. The summed E-state index contributed by atoms with van der Waals surface area (Å²) >= 11 is 0. The molecule has 4 nitrogen and oxygen atoms in total. The van der Waals surface area contributed by atoms with E-state index in [1.807, 2.05) is 6.08 Å². The maximum Gasteiger partial charge on any atom is 0.220 e. The summed E-state index contributed by atoms with van der Waals surface area (Å²) in [7, 11) is 0. The average molecular weight is 822 g/mol. The van der Waals surface area contributed by atoms with Gasteiger partial charge in [-0.15, -0.1) is 0 Å². The zero-order valence-electron chi connectivity index (χ0n) is 38.1. The summed E-state index contributed by atoms with van der Waals surface area (Å²) in [6, 6.07) is -0.659. The van der Waals surface area contributed by atoms with E-state index in [0.29, 0.717) is 6.42 Å². The summed E-state index contributed by atoms with van der Waals surface area (Å²) in [4.78, 5) is 12.3. The smallest absolute Gasteiger partial charge is 0.220 e. The molecule has 0 aliphatic carbocycles. The van der Waals surface area contributed by atoms with Crippen molar-refractivity contribution in [3.05, 3.63) is 158 Å². The van der Waals surface area contributed by atoms with Crippen molar-refractivity contribution in [2.24, 2.45) is 0 Å². The molecular weight excluding hydrogens is 735 g/mol. The molecule has 0 heterocycles. The Bertz CT molecular complexity index is 1350. The lowest BCUT2D eigenvalue weighted by molar-refractivity contribution is -0.123. The van der Waals surface area contributed by atoms with E-state index in [1.54, 1.807) is 6.08 Å². The molecule has 0 aliphatic heterocycles. The lowest BCUT2D eigenvalue weighted by Crippen LogP contribution is -2.45. The molecule has 4 heteroatoms. The first-order chi connectivity index (χ1) is 29.7. The topological polar surface area (TPSA) is 69.6 Å². The molecule has 0 bridgehead atoms. The molecule has 0 rings (SSSR count). The molecule has 2 unspecified atom stereocenters. The van der Waals surface area contributed by atoms with Crippen molar-refractivity contribution in [2.75, 3.05) is 6.61 Å². The van der Waals surface area contributed by atoms with E-state index in [2.05, 4.69) is 165 Å². The largest absolute Gasteiger partial charge is 0.394 e. The quantitative estimate of drug-likeness (QED) is 0.0426. The van der Waals surface area contributed by atoms with Crippen molar-refractivity contribution in [2.45, 2.75) is 180 Å². The minimum atomic E-state index is -0.879. The molecule has 1 amide bonds.